The molecule has 0 bridgehead atoms. The Bertz CT molecular complexity index is 326. The number of carbonyl (C=O) groups is 1. The van der Waals surface area contributed by atoms with Gasteiger partial charge >= 0.3 is 5.97 Å². The first-order valence-corrected chi connectivity index (χ1v) is 4.15. The van der Waals surface area contributed by atoms with Gasteiger partial charge in [-0.2, -0.15) is 0 Å². The van der Waals surface area contributed by atoms with Crippen molar-refractivity contribution in [2.24, 2.45) is 0 Å². The summed E-state index contributed by atoms with van der Waals surface area (Å²) in [6.45, 7) is 0. The summed E-state index contributed by atoms with van der Waals surface area (Å²) in [7, 11) is 0. The maximum atomic E-state index is 10.3. The molecule has 13 heavy (non-hydrogen) atoms. The number of phenolic OH excluding ortho intramolecular Hbond substituents is 1. The van der Waals surface area contributed by atoms with Crippen LogP contribution in [0.25, 0.3) is 0 Å². The van der Waals surface area contributed by atoms with Gasteiger partial charge in [0.15, 0.2) is 0 Å². The Labute approximate surface area is 84.5 Å². The SMILES string of the molecule is O=C(O)Cc1cc(O)c(Cl)c(Cl)c1. The lowest BCUT2D eigenvalue weighted by molar-refractivity contribution is -0.136. The van der Waals surface area contributed by atoms with E-state index in [1.807, 2.05) is 0 Å². The second-order valence-electron chi connectivity index (χ2n) is 2.48. The highest BCUT2D eigenvalue weighted by Crippen LogP contribution is 2.32. The minimum atomic E-state index is -0.988. The van der Waals surface area contributed by atoms with Crippen molar-refractivity contribution in [3.63, 3.8) is 0 Å². The lowest BCUT2D eigenvalue weighted by Gasteiger charge is -2.02. The van der Waals surface area contributed by atoms with E-state index in [9.17, 15) is 9.90 Å². The summed E-state index contributed by atoms with van der Waals surface area (Å²) in [5, 5.41) is 17.8. The Morgan fingerprint density at radius 2 is 2.00 bits per heavy atom. The van der Waals surface area contributed by atoms with Gasteiger partial charge in [-0.3, -0.25) is 4.79 Å². The number of hydrogen-bond donors (Lipinski definition) is 2. The van der Waals surface area contributed by atoms with E-state index >= 15 is 0 Å². The zero-order valence-corrected chi connectivity index (χ0v) is 7.93. The molecule has 0 aliphatic carbocycles. The second kappa shape index (κ2) is 3.85. The maximum Gasteiger partial charge on any atom is 0.307 e. The number of aliphatic carboxylic acids is 1. The monoisotopic (exact) mass is 220 g/mol. The van der Waals surface area contributed by atoms with Crippen LogP contribution >= 0.6 is 23.2 Å². The van der Waals surface area contributed by atoms with E-state index in [4.69, 9.17) is 28.3 Å². The highest BCUT2D eigenvalue weighted by Gasteiger charge is 2.08. The molecule has 1 aromatic carbocycles. The number of aromatic hydroxyl groups is 1. The number of carboxylic acid groups (broad SMARTS) is 1. The van der Waals surface area contributed by atoms with Crippen molar-refractivity contribution in [2.45, 2.75) is 6.42 Å². The number of hydrogen-bond acceptors (Lipinski definition) is 2. The van der Waals surface area contributed by atoms with Crippen LogP contribution in [0.2, 0.25) is 10.0 Å². The molecule has 0 saturated carbocycles. The fourth-order valence-corrected chi connectivity index (χ4v) is 1.25. The lowest BCUT2D eigenvalue weighted by Crippen LogP contribution is -1.99. The van der Waals surface area contributed by atoms with E-state index < -0.39 is 5.97 Å². The van der Waals surface area contributed by atoms with Gasteiger partial charge in [0, 0.05) is 0 Å². The molecule has 1 rings (SSSR count). The van der Waals surface area contributed by atoms with Crippen LogP contribution in [-0.2, 0) is 11.2 Å². The van der Waals surface area contributed by atoms with E-state index in [1.54, 1.807) is 0 Å². The fourth-order valence-electron chi connectivity index (χ4n) is 0.906. The average Bonchev–Trinajstić information content (AvgIpc) is 1.98. The van der Waals surface area contributed by atoms with Gasteiger partial charge in [0.05, 0.1) is 11.4 Å². The third-order valence-corrected chi connectivity index (χ3v) is 2.22. The molecule has 0 unspecified atom stereocenters. The smallest absolute Gasteiger partial charge is 0.307 e. The van der Waals surface area contributed by atoms with Crippen LogP contribution in [0.15, 0.2) is 12.1 Å². The first kappa shape index (κ1) is 10.2. The van der Waals surface area contributed by atoms with Crippen LogP contribution < -0.4 is 0 Å². The molecule has 0 saturated heterocycles. The maximum absolute atomic E-state index is 10.3. The van der Waals surface area contributed by atoms with Gasteiger partial charge in [-0.05, 0) is 17.7 Å². The Balaban J connectivity index is 3.06. The van der Waals surface area contributed by atoms with E-state index in [1.165, 1.54) is 12.1 Å². The molecule has 5 heteroatoms. The summed E-state index contributed by atoms with van der Waals surface area (Å²) >= 11 is 11.2. The normalized spacial score (nSPS) is 10.0. The summed E-state index contributed by atoms with van der Waals surface area (Å²) < 4.78 is 0. The molecule has 0 spiro atoms. The summed E-state index contributed by atoms with van der Waals surface area (Å²) in [4.78, 5) is 10.3. The van der Waals surface area contributed by atoms with Crippen molar-refractivity contribution < 1.29 is 15.0 Å². The van der Waals surface area contributed by atoms with Crippen molar-refractivity contribution in [1.29, 1.82) is 0 Å². The summed E-state index contributed by atoms with van der Waals surface area (Å²) in [5.74, 6) is -1.19. The molecule has 0 amide bonds. The zero-order valence-electron chi connectivity index (χ0n) is 6.42. The molecule has 0 aliphatic rings. The van der Waals surface area contributed by atoms with Crippen LogP contribution in [0.3, 0.4) is 0 Å². The van der Waals surface area contributed by atoms with Crippen LogP contribution in [0.1, 0.15) is 5.56 Å². The standard InChI is InChI=1S/C8H6Cl2O3/c9-5-1-4(3-7(12)13)2-6(11)8(5)10/h1-2,11H,3H2,(H,12,13). The van der Waals surface area contributed by atoms with E-state index in [2.05, 4.69) is 0 Å². The molecular weight excluding hydrogens is 215 g/mol. The van der Waals surface area contributed by atoms with Crippen molar-refractivity contribution in [2.75, 3.05) is 0 Å². The Morgan fingerprint density at radius 3 is 2.46 bits per heavy atom. The molecule has 0 atom stereocenters. The van der Waals surface area contributed by atoms with Crippen molar-refractivity contribution >= 4 is 29.2 Å². The largest absolute Gasteiger partial charge is 0.506 e. The minimum absolute atomic E-state index is 0.0378. The molecule has 2 N–H and O–H groups in total. The minimum Gasteiger partial charge on any atom is -0.506 e. The second-order valence-corrected chi connectivity index (χ2v) is 3.27. The molecule has 1 aromatic rings. The molecule has 0 heterocycles. The Kier molecular flexibility index (Phi) is 3.01. The van der Waals surface area contributed by atoms with Crippen LogP contribution in [0.5, 0.6) is 5.75 Å². The molecule has 3 nitrogen and oxygen atoms in total. The van der Waals surface area contributed by atoms with Gasteiger partial charge in [-0.15, -0.1) is 0 Å². The highest BCUT2D eigenvalue weighted by atomic mass is 35.5. The number of halogens is 2. The summed E-state index contributed by atoms with van der Waals surface area (Å²) in [6, 6.07) is 2.69. The van der Waals surface area contributed by atoms with Crippen LogP contribution in [-0.4, -0.2) is 16.2 Å². The number of benzene rings is 1. The zero-order chi connectivity index (χ0) is 10.0. The Hall–Kier alpha value is -0.930. The third-order valence-electron chi connectivity index (χ3n) is 1.42. The number of carboxylic acids is 1. The molecular formula is C8H6Cl2O3. The quantitative estimate of drug-likeness (QED) is 0.805. The Morgan fingerprint density at radius 1 is 1.38 bits per heavy atom. The van der Waals surface area contributed by atoms with E-state index in [0.717, 1.165) is 0 Å². The number of phenols is 1. The van der Waals surface area contributed by atoms with Gasteiger partial charge in [-0.25, -0.2) is 0 Å². The van der Waals surface area contributed by atoms with Crippen molar-refractivity contribution in [3.05, 3.63) is 27.7 Å². The first-order valence-electron chi connectivity index (χ1n) is 3.39. The van der Waals surface area contributed by atoms with Crippen LogP contribution in [0.4, 0.5) is 0 Å². The summed E-state index contributed by atoms with van der Waals surface area (Å²) in [6.07, 6.45) is -0.190. The molecule has 0 aromatic heterocycles. The van der Waals surface area contributed by atoms with Gasteiger partial charge in [0.25, 0.3) is 0 Å². The topological polar surface area (TPSA) is 57.5 Å². The molecule has 0 aliphatic heterocycles. The summed E-state index contributed by atoms with van der Waals surface area (Å²) in [5.41, 5.74) is 0.416. The average molecular weight is 221 g/mol. The van der Waals surface area contributed by atoms with Gasteiger partial charge < -0.3 is 10.2 Å². The molecule has 70 valence electrons. The fraction of sp³-hybridized carbons (Fsp3) is 0.125. The van der Waals surface area contributed by atoms with Gasteiger partial charge in [0.2, 0.25) is 0 Å². The van der Waals surface area contributed by atoms with E-state index in [-0.39, 0.29) is 22.2 Å². The highest BCUT2D eigenvalue weighted by molar-refractivity contribution is 6.42. The predicted octanol–water partition coefficient (Wildman–Crippen LogP) is 2.33. The van der Waals surface area contributed by atoms with Gasteiger partial charge in [-0.1, -0.05) is 23.2 Å². The molecule has 0 fully saturated rings. The molecule has 0 radical (unpaired) electrons. The predicted molar refractivity (Wildman–Crippen MR) is 49.5 cm³/mol. The lowest BCUT2D eigenvalue weighted by atomic mass is 10.1. The first-order chi connectivity index (χ1) is 6.00. The van der Waals surface area contributed by atoms with Crippen molar-refractivity contribution in [1.82, 2.24) is 0 Å². The van der Waals surface area contributed by atoms with Crippen LogP contribution in [0, 0.1) is 0 Å². The van der Waals surface area contributed by atoms with E-state index in [0.29, 0.717) is 5.56 Å². The van der Waals surface area contributed by atoms with Gasteiger partial charge in [0.1, 0.15) is 10.8 Å². The van der Waals surface area contributed by atoms with Crippen molar-refractivity contribution in [3.8, 4) is 5.75 Å². The number of rotatable bonds is 2. The third kappa shape index (κ3) is 2.50.